The van der Waals surface area contributed by atoms with Gasteiger partial charge in [-0.05, 0) is 54.8 Å². The van der Waals surface area contributed by atoms with Crippen molar-refractivity contribution >= 4 is 18.0 Å². The Morgan fingerprint density at radius 2 is 1.29 bits per heavy atom. The number of phenolic OH excluding ortho intramolecular Hbond substituents is 4. The van der Waals surface area contributed by atoms with E-state index in [2.05, 4.69) is 0 Å². The van der Waals surface area contributed by atoms with Crippen LogP contribution in [0, 0.1) is 0 Å². The van der Waals surface area contributed by atoms with Gasteiger partial charge in [-0.3, -0.25) is 4.79 Å². The monoisotopic (exact) mass is 828 g/mol. The van der Waals surface area contributed by atoms with Crippen molar-refractivity contribution in [3.8, 4) is 23.0 Å². The third kappa shape index (κ3) is 10.7. The molecule has 3 fully saturated rings. The Bertz CT molecular complexity index is 1720. The largest absolute Gasteiger partial charge is 0.504 e. The fraction of sp³-hybridized carbons (Fsp3) is 0.568. The van der Waals surface area contributed by atoms with Gasteiger partial charge in [-0.1, -0.05) is 12.1 Å². The minimum atomic E-state index is -2.00. The number of ether oxygens (including phenoxy) is 8. The molecule has 0 spiro atoms. The van der Waals surface area contributed by atoms with Gasteiger partial charge in [0.25, 0.3) is 0 Å². The maximum Gasteiger partial charge on any atom is 0.331 e. The zero-order valence-corrected chi connectivity index (χ0v) is 31.1. The lowest BCUT2D eigenvalue weighted by atomic mass is 9.96. The van der Waals surface area contributed by atoms with Crippen molar-refractivity contribution < 1.29 is 104 Å². The summed E-state index contributed by atoms with van der Waals surface area (Å²) >= 11 is 0. The van der Waals surface area contributed by atoms with E-state index in [1.165, 1.54) is 43.3 Å². The van der Waals surface area contributed by atoms with Gasteiger partial charge in [0, 0.05) is 13.0 Å². The number of aliphatic hydroxyl groups is 7. The van der Waals surface area contributed by atoms with Crippen LogP contribution in [0.15, 0.2) is 42.5 Å². The van der Waals surface area contributed by atoms with E-state index in [9.17, 15) is 65.8 Å². The Hall–Kier alpha value is -4.20. The minimum absolute atomic E-state index is 0.0582. The molecule has 3 heterocycles. The van der Waals surface area contributed by atoms with Gasteiger partial charge in [-0.25, -0.2) is 4.79 Å². The number of carbonyl (C=O) groups is 2. The van der Waals surface area contributed by atoms with Gasteiger partial charge >= 0.3 is 11.9 Å². The van der Waals surface area contributed by atoms with Crippen LogP contribution in [-0.4, -0.2) is 180 Å². The number of aromatic hydroxyl groups is 4. The summed E-state index contributed by atoms with van der Waals surface area (Å²) in [4.78, 5) is 25.5. The van der Waals surface area contributed by atoms with Crippen LogP contribution >= 0.6 is 0 Å². The highest BCUT2D eigenvalue weighted by molar-refractivity contribution is 5.87. The molecule has 21 heteroatoms. The Morgan fingerprint density at radius 3 is 1.93 bits per heavy atom. The van der Waals surface area contributed by atoms with Crippen LogP contribution in [0.2, 0.25) is 0 Å². The molecule has 3 saturated heterocycles. The first-order valence-corrected chi connectivity index (χ1v) is 18.1. The average molecular weight is 829 g/mol. The molecule has 0 aromatic heterocycles. The van der Waals surface area contributed by atoms with E-state index in [-0.39, 0.29) is 24.3 Å². The third-order valence-corrected chi connectivity index (χ3v) is 9.66. The summed E-state index contributed by atoms with van der Waals surface area (Å²) in [5, 5.41) is 113. The van der Waals surface area contributed by atoms with Crippen molar-refractivity contribution in [2.75, 3.05) is 19.8 Å². The molecule has 58 heavy (non-hydrogen) atoms. The molecule has 0 aliphatic carbocycles. The SMILES string of the molecule is CC(=O)OC[C@H]1O[C@@H](OCCc2ccc(O)c(O)c2)[C@H](O[C@@H]2O[C@H](CO)[C@H](O)[C@H](O)[C@H]2O)[C@@H](O[C@@H]2O[C@@H](C)[C@H](O)[C@@H](O)[C@H]2O)[C@@H]1OC(=O)C=Cc1ccc(O)c(O)c1. The summed E-state index contributed by atoms with van der Waals surface area (Å²) in [5.41, 5.74) is 0.721. The quantitative estimate of drug-likeness (QED) is 0.0527. The number of phenols is 4. The van der Waals surface area contributed by atoms with Crippen LogP contribution in [0.4, 0.5) is 0 Å². The number of benzene rings is 2. The Labute approximate surface area is 330 Å². The zero-order chi connectivity index (χ0) is 42.4. The molecule has 0 bridgehead atoms. The Kier molecular flexibility index (Phi) is 15.2. The first-order chi connectivity index (χ1) is 27.5. The molecule has 0 saturated carbocycles. The van der Waals surface area contributed by atoms with Gasteiger partial charge in [0.15, 0.2) is 48.0 Å². The Balaban J connectivity index is 1.55. The topological polar surface area (TPSA) is 331 Å². The van der Waals surface area contributed by atoms with Crippen molar-refractivity contribution in [2.45, 2.75) is 112 Å². The molecule has 3 aliphatic rings. The summed E-state index contributed by atoms with van der Waals surface area (Å²) in [6.07, 6.45) is -23.7. The van der Waals surface area contributed by atoms with Crippen molar-refractivity contribution in [3.63, 3.8) is 0 Å². The van der Waals surface area contributed by atoms with Gasteiger partial charge in [0.05, 0.1) is 19.3 Å². The van der Waals surface area contributed by atoms with E-state index in [4.69, 9.17) is 37.9 Å². The third-order valence-electron chi connectivity index (χ3n) is 9.66. The number of carbonyl (C=O) groups excluding carboxylic acids is 2. The normalized spacial score (nSPS) is 35.4. The highest BCUT2D eigenvalue weighted by Gasteiger charge is 2.56. The Morgan fingerprint density at radius 1 is 0.690 bits per heavy atom. The summed E-state index contributed by atoms with van der Waals surface area (Å²) in [6, 6.07) is 7.68. The maximum absolute atomic E-state index is 13.5. The summed E-state index contributed by atoms with van der Waals surface area (Å²) in [7, 11) is 0. The molecule has 15 atom stereocenters. The van der Waals surface area contributed by atoms with Crippen LogP contribution in [0.1, 0.15) is 25.0 Å². The van der Waals surface area contributed by atoms with E-state index in [0.29, 0.717) is 5.56 Å². The summed E-state index contributed by atoms with van der Waals surface area (Å²) in [5.74, 6) is -3.60. The van der Waals surface area contributed by atoms with Gasteiger partial charge in [-0.15, -0.1) is 0 Å². The molecule has 322 valence electrons. The molecule has 0 amide bonds. The van der Waals surface area contributed by atoms with E-state index in [1.807, 2.05) is 0 Å². The molecule has 2 aromatic carbocycles. The number of hydrogen-bond donors (Lipinski definition) is 11. The summed E-state index contributed by atoms with van der Waals surface area (Å²) < 4.78 is 46.9. The predicted molar refractivity (Wildman–Crippen MR) is 189 cm³/mol. The van der Waals surface area contributed by atoms with E-state index in [0.717, 1.165) is 19.1 Å². The first-order valence-electron chi connectivity index (χ1n) is 18.1. The van der Waals surface area contributed by atoms with Gasteiger partial charge < -0.3 is 94.1 Å². The molecule has 0 radical (unpaired) electrons. The average Bonchev–Trinajstić information content (AvgIpc) is 3.18. The molecule has 2 aromatic rings. The lowest BCUT2D eigenvalue weighted by Crippen LogP contribution is -2.67. The van der Waals surface area contributed by atoms with Crippen molar-refractivity contribution in [3.05, 3.63) is 53.6 Å². The van der Waals surface area contributed by atoms with Gasteiger partial charge in [-0.2, -0.15) is 0 Å². The van der Waals surface area contributed by atoms with Gasteiger partial charge in [0.2, 0.25) is 0 Å². The number of esters is 2. The lowest BCUT2D eigenvalue weighted by molar-refractivity contribution is -0.390. The number of rotatable bonds is 14. The minimum Gasteiger partial charge on any atom is -0.504 e. The second-order valence-electron chi connectivity index (χ2n) is 13.9. The van der Waals surface area contributed by atoms with Crippen LogP contribution in [0.25, 0.3) is 6.08 Å². The fourth-order valence-electron chi connectivity index (χ4n) is 6.40. The van der Waals surface area contributed by atoms with Crippen LogP contribution in [0.3, 0.4) is 0 Å². The molecule has 21 nitrogen and oxygen atoms in total. The van der Waals surface area contributed by atoms with E-state index < -0.39 is 135 Å². The summed E-state index contributed by atoms with van der Waals surface area (Å²) in [6.45, 7) is 0.726. The van der Waals surface area contributed by atoms with E-state index in [1.54, 1.807) is 0 Å². The van der Waals surface area contributed by atoms with E-state index >= 15 is 0 Å². The lowest BCUT2D eigenvalue weighted by Gasteiger charge is -2.49. The molecule has 3 aliphatic heterocycles. The molecule has 11 N–H and O–H groups in total. The first kappa shape index (κ1) is 44.9. The smallest absolute Gasteiger partial charge is 0.331 e. The maximum atomic E-state index is 13.5. The highest BCUT2D eigenvalue weighted by atomic mass is 16.8. The van der Waals surface area contributed by atoms with Crippen molar-refractivity contribution in [2.24, 2.45) is 0 Å². The number of aliphatic hydroxyl groups excluding tert-OH is 7. The van der Waals surface area contributed by atoms with Crippen LogP contribution < -0.4 is 0 Å². The number of hydrogen-bond acceptors (Lipinski definition) is 21. The molecular weight excluding hydrogens is 780 g/mol. The van der Waals surface area contributed by atoms with Crippen LogP contribution in [0.5, 0.6) is 23.0 Å². The van der Waals surface area contributed by atoms with Crippen molar-refractivity contribution in [1.82, 2.24) is 0 Å². The fourth-order valence-corrected chi connectivity index (χ4v) is 6.40. The van der Waals surface area contributed by atoms with Crippen molar-refractivity contribution in [1.29, 1.82) is 0 Å². The predicted octanol–water partition coefficient (Wildman–Crippen LogP) is -2.62. The molecule has 0 unspecified atom stereocenters. The zero-order valence-electron chi connectivity index (χ0n) is 31.1. The highest BCUT2D eigenvalue weighted by Crippen LogP contribution is 2.36. The van der Waals surface area contributed by atoms with Gasteiger partial charge in [0.1, 0.15) is 67.6 Å². The second-order valence-corrected chi connectivity index (χ2v) is 13.9. The van der Waals surface area contributed by atoms with Crippen LogP contribution in [-0.2, 0) is 53.9 Å². The second kappa shape index (κ2) is 19.7. The molecular formula is C37H48O21. The molecule has 5 rings (SSSR count). The standard InChI is InChI=1S/C37H48O21/c1-15-26(45)28(47)30(49)35(53-15)57-33-32(56-25(44)8-5-17-3-6-19(40)21(42)11-17)24(14-52-16(2)39)55-37(51-10-9-18-4-7-20(41)22(43)12-18)34(33)58-36-31(50)29(48)27(46)23(13-38)54-36/h3-8,11-12,15,23-24,26-38,40-43,45-50H,9-10,13-14H2,1-2H3/t15-,23+,24+,26-,27-,28+,29-,30+,31+,32+,33-,34+,35-,36-,37+/m0/s1.